The highest BCUT2D eigenvalue weighted by atomic mass is 19.4. The molecule has 2 aliphatic rings. The van der Waals surface area contributed by atoms with Gasteiger partial charge in [0.2, 0.25) is 5.89 Å². The predicted octanol–water partition coefficient (Wildman–Crippen LogP) is 4.30. The van der Waals surface area contributed by atoms with Crippen molar-refractivity contribution in [3.05, 3.63) is 36.2 Å². The predicted molar refractivity (Wildman–Crippen MR) is 97.7 cm³/mol. The van der Waals surface area contributed by atoms with E-state index in [1.54, 1.807) is 6.26 Å². The summed E-state index contributed by atoms with van der Waals surface area (Å²) in [5.74, 6) is 0.143. The molecule has 0 N–H and O–H groups in total. The van der Waals surface area contributed by atoms with E-state index in [-0.39, 0.29) is 5.75 Å². The van der Waals surface area contributed by atoms with Crippen molar-refractivity contribution in [1.29, 1.82) is 0 Å². The van der Waals surface area contributed by atoms with Gasteiger partial charge >= 0.3 is 6.36 Å². The normalized spacial score (nSPS) is 20.0. The van der Waals surface area contributed by atoms with Gasteiger partial charge in [-0.15, -0.1) is 13.2 Å². The Labute approximate surface area is 162 Å². The fourth-order valence-corrected chi connectivity index (χ4v) is 4.09. The Morgan fingerprint density at radius 1 is 1.04 bits per heavy atom. The third kappa shape index (κ3) is 4.86. The second kappa shape index (κ2) is 8.13. The highest BCUT2D eigenvalue weighted by Crippen LogP contribution is 2.27. The second-order valence-electron chi connectivity index (χ2n) is 7.47. The van der Waals surface area contributed by atoms with Crippen LogP contribution in [0.25, 0.3) is 11.5 Å². The minimum atomic E-state index is -4.69. The highest BCUT2D eigenvalue weighted by molar-refractivity contribution is 5.54. The van der Waals surface area contributed by atoms with Gasteiger partial charge in [0.25, 0.3) is 0 Å². The maximum absolute atomic E-state index is 12.2. The Morgan fingerprint density at radius 3 is 2.36 bits per heavy atom. The molecule has 0 aliphatic carbocycles. The summed E-state index contributed by atoms with van der Waals surface area (Å²) in [4.78, 5) is 9.50. The molecule has 0 unspecified atom stereocenters. The zero-order chi connectivity index (χ0) is 19.6. The van der Waals surface area contributed by atoms with Gasteiger partial charge in [0.1, 0.15) is 12.0 Å². The number of rotatable bonds is 5. The number of hydrogen-bond acceptors (Lipinski definition) is 5. The zero-order valence-corrected chi connectivity index (χ0v) is 15.6. The van der Waals surface area contributed by atoms with Crippen molar-refractivity contribution in [2.45, 2.75) is 44.6 Å². The van der Waals surface area contributed by atoms with E-state index in [1.165, 1.54) is 63.0 Å². The van der Waals surface area contributed by atoms with Gasteiger partial charge in [-0.2, -0.15) is 0 Å². The van der Waals surface area contributed by atoms with Crippen molar-refractivity contribution in [3.63, 3.8) is 0 Å². The fourth-order valence-electron chi connectivity index (χ4n) is 4.09. The standard InChI is InChI=1S/C20H24F3N3O2/c21-20(22,23)28-18-5-3-15(4-6-18)19-24-16(14-27-19)13-25-11-7-17(8-12-25)26-9-1-2-10-26/h3-6,14,17H,1-2,7-13H2. The lowest BCUT2D eigenvalue weighted by Gasteiger charge is -2.36. The molecule has 0 saturated carbocycles. The number of likely N-dealkylation sites (tertiary alicyclic amines) is 2. The summed E-state index contributed by atoms with van der Waals surface area (Å²) < 4.78 is 46.1. The third-order valence-electron chi connectivity index (χ3n) is 5.49. The Morgan fingerprint density at radius 2 is 1.71 bits per heavy atom. The number of ether oxygens (including phenoxy) is 1. The second-order valence-corrected chi connectivity index (χ2v) is 7.47. The molecule has 2 saturated heterocycles. The van der Waals surface area contributed by atoms with Crippen LogP contribution >= 0.6 is 0 Å². The third-order valence-corrected chi connectivity index (χ3v) is 5.49. The van der Waals surface area contributed by atoms with Gasteiger partial charge in [0.05, 0.1) is 5.69 Å². The maximum Gasteiger partial charge on any atom is 0.573 e. The topological polar surface area (TPSA) is 41.7 Å². The first-order valence-corrected chi connectivity index (χ1v) is 9.73. The minimum absolute atomic E-state index is 0.260. The summed E-state index contributed by atoms with van der Waals surface area (Å²) in [6.07, 6.45) is 1.95. The minimum Gasteiger partial charge on any atom is -0.444 e. The average Bonchev–Trinajstić information content (AvgIpc) is 3.34. The van der Waals surface area contributed by atoms with Crippen LogP contribution < -0.4 is 4.74 Å². The fraction of sp³-hybridized carbons (Fsp3) is 0.550. The Hall–Kier alpha value is -2.06. The molecule has 0 amide bonds. The quantitative estimate of drug-likeness (QED) is 0.755. The average molecular weight is 395 g/mol. The number of benzene rings is 1. The Kier molecular flexibility index (Phi) is 5.59. The van der Waals surface area contributed by atoms with Crippen molar-refractivity contribution in [1.82, 2.24) is 14.8 Å². The van der Waals surface area contributed by atoms with Crippen LogP contribution in [-0.2, 0) is 6.54 Å². The Balaban J connectivity index is 1.31. The molecule has 0 radical (unpaired) electrons. The van der Waals surface area contributed by atoms with Crippen molar-refractivity contribution >= 4 is 0 Å². The summed E-state index contributed by atoms with van der Waals surface area (Å²) >= 11 is 0. The van der Waals surface area contributed by atoms with Crippen LogP contribution in [0.5, 0.6) is 5.75 Å². The van der Waals surface area contributed by atoms with E-state index in [1.807, 2.05) is 0 Å². The van der Waals surface area contributed by atoms with Crippen LogP contribution in [0, 0.1) is 0 Å². The van der Waals surface area contributed by atoms with E-state index in [9.17, 15) is 13.2 Å². The molecule has 2 aliphatic heterocycles. The number of oxazole rings is 1. The molecule has 8 heteroatoms. The number of nitrogens with zero attached hydrogens (tertiary/aromatic N) is 3. The molecule has 0 spiro atoms. The van der Waals surface area contributed by atoms with Gasteiger partial charge in [0.15, 0.2) is 0 Å². The molecule has 2 fully saturated rings. The lowest BCUT2D eigenvalue weighted by atomic mass is 10.0. The van der Waals surface area contributed by atoms with Crippen LogP contribution in [-0.4, -0.2) is 53.4 Å². The highest BCUT2D eigenvalue weighted by Gasteiger charge is 2.31. The van der Waals surface area contributed by atoms with Gasteiger partial charge in [-0.25, -0.2) is 4.98 Å². The lowest BCUT2D eigenvalue weighted by molar-refractivity contribution is -0.274. The van der Waals surface area contributed by atoms with Crippen molar-refractivity contribution in [2.24, 2.45) is 0 Å². The number of aromatic nitrogens is 1. The number of halogens is 3. The molecule has 1 aromatic heterocycles. The summed E-state index contributed by atoms with van der Waals surface area (Å²) in [5, 5.41) is 0. The van der Waals surface area contributed by atoms with Crippen LogP contribution in [0.4, 0.5) is 13.2 Å². The summed E-state index contributed by atoms with van der Waals surface area (Å²) in [7, 11) is 0. The van der Waals surface area contributed by atoms with Crippen molar-refractivity contribution in [2.75, 3.05) is 26.2 Å². The van der Waals surface area contributed by atoms with E-state index < -0.39 is 6.36 Å². The Bertz CT molecular complexity index is 762. The van der Waals surface area contributed by atoms with E-state index in [0.29, 0.717) is 17.5 Å². The first-order chi connectivity index (χ1) is 13.5. The zero-order valence-electron chi connectivity index (χ0n) is 15.6. The van der Waals surface area contributed by atoms with E-state index in [4.69, 9.17) is 4.42 Å². The number of alkyl halides is 3. The molecule has 2 aromatic rings. The number of hydrogen-bond donors (Lipinski definition) is 0. The van der Waals surface area contributed by atoms with Crippen molar-refractivity contribution < 1.29 is 22.3 Å². The molecular weight excluding hydrogens is 371 g/mol. The van der Waals surface area contributed by atoms with E-state index >= 15 is 0 Å². The summed E-state index contributed by atoms with van der Waals surface area (Å²) in [5.41, 5.74) is 1.46. The molecule has 4 rings (SSSR count). The maximum atomic E-state index is 12.2. The van der Waals surface area contributed by atoms with Crippen LogP contribution in [0.15, 0.2) is 34.9 Å². The van der Waals surface area contributed by atoms with Gasteiger partial charge < -0.3 is 14.1 Å². The van der Waals surface area contributed by atoms with E-state index in [2.05, 4.69) is 19.5 Å². The van der Waals surface area contributed by atoms with Gasteiger partial charge in [-0.1, -0.05) is 0 Å². The first kappa shape index (κ1) is 19.3. The molecule has 1 aromatic carbocycles. The summed E-state index contributed by atoms with van der Waals surface area (Å²) in [6, 6.07) is 6.26. The molecular formula is C20H24F3N3O2. The molecule has 152 valence electrons. The first-order valence-electron chi connectivity index (χ1n) is 9.73. The number of piperidine rings is 1. The van der Waals surface area contributed by atoms with Crippen LogP contribution in [0.1, 0.15) is 31.4 Å². The van der Waals surface area contributed by atoms with Gasteiger partial charge in [0, 0.05) is 31.2 Å². The monoisotopic (exact) mass is 395 g/mol. The van der Waals surface area contributed by atoms with Crippen molar-refractivity contribution in [3.8, 4) is 17.2 Å². The molecule has 0 atom stereocenters. The van der Waals surface area contributed by atoms with Gasteiger partial charge in [-0.3, -0.25) is 4.90 Å². The summed E-state index contributed by atoms with van der Waals surface area (Å²) in [6.45, 7) is 5.30. The lowest BCUT2D eigenvalue weighted by Crippen LogP contribution is -2.43. The largest absolute Gasteiger partial charge is 0.573 e. The molecule has 3 heterocycles. The van der Waals surface area contributed by atoms with Gasteiger partial charge in [-0.05, 0) is 63.0 Å². The van der Waals surface area contributed by atoms with Crippen LogP contribution in [0.2, 0.25) is 0 Å². The molecule has 0 bridgehead atoms. The SMILES string of the molecule is FC(F)(F)Oc1ccc(-c2nc(CN3CCC(N4CCCC4)CC3)co2)cc1. The van der Waals surface area contributed by atoms with E-state index in [0.717, 1.165) is 25.3 Å². The molecule has 28 heavy (non-hydrogen) atoms. The van der Waals surface area contributed by atoms with Crippen LogP contribution in [0.3, 0.4) is 0 Å². The smallest absolute Gasteiger partial charge is 0.444 e. The molecule has 5 nitrogen and oxygen atoms in total.